The van der Waals surface area contributed by atoms with Crippen molar-refractivity contribution in [2.24, 2.45) is 5.73 Å². The van der Waals surface area contributed by atoms with E-state index in [1.165, 1.54) is 0 Å². The van der Waals surface area contributed by atoms with E-state index in [9.17, 15) is 5.11 Å². The van der Waals surface area contributed by atoms with E-state index in [-0.39, 0.29) is 11.3 Å². The molecule has 3 heteroatoms. The molecule has 1 aromatic rings. The minimum absolute atomic E-state index is 0.255. The number of phenols is 1. The van der Waals surface area contributed by atoms with Gasteiger partial charge in [0.05, 0.1) is 4.47 Å². The Morgan fingerprint density at radius 2 is 1.92 bits per heavy atom. The van der Waals surface area contributed by atoms with Gasteiger partial charge in [-0.15, -0.1) is 0 Å². The smallest absolute Gasteiger partial charge is 0.130 e. The minimum atomic E-state index is -0.375. The van der Waals surface area contributed by atoms with Gasteiger partial charge in [0.2, 0.25) is 0 Å². The summed E-state index contributed by atoms with van der Waals surface area (Å²) in [6.45, 7) is 5.83. The molecule has 1 aromatic carbocycles. The fourth-order valence-electron chi connectivity index (χ4n) is 1.36. The lowest BCUT2D eigenvalue weighted by Gasteiger charge is -2.22. The van der Waals surface area contributed by atoms with Crippen LogP contribution in [-0.4, -0.2) is 5.11 Å². The number of rotatable bonds is 1. The highest BCUT2D eigenvalue weighted by atomic mass is 79.9. The number of hydrogen-bond donors (Lipinski definition) is 2. The lowest BCUT2D eigenvalue weighted by Crippen LogP contribution is -2.29. The molecule has 2 nitrogen and oxygen atoms in total. The first kappa shape index (κ1) is 10.5. The zero-order valence-corrected chi connectivity index (χ0v) is 9.64. The lowest BCUT2D eigenvalue weighted by molar-refractivity contribution is 0.469. The third kappa shape index (κ3) is 2.23. The highest BCUT2D eigenvalue weighted by Gasteiger charge is 2.18. The number of aromatic hydroxyl groups is 1. The van der Waals surface area contributed by atoms with E-state index in [2.05, 4.69) is 15.9 Å². The van der Waals surface area contributed by atoms with E-state index in [1.54, 1.807) is 6.07 Å². The van der Waals surface area contributed by atoms with Crippen LogP contribution in [0.4, 0.5) is 0 Å². The van der Waals surface area contributed by atoms with Crippen LogP contribution in [0.1, 0.15) is 25.0 Å². The van der Waals surface area contributed by atoms with Gasteiger partial charge in [-0.3, -0.25) is 0 Å². The predicted molar refractivity (Wildman–Crippen MR) is 57.8 cm³/mol. The Bertz CT molecular complexity index is 328. The normalized spacial score (nSPS) is 11.8. The maximum atomic E-state index is 9.40. The summed E-state index contributed by atoms with van der Waals surface area (Å²) >= 11 is 3.27. The summed E-state index contributed by atoms with van der Waals surface area (Å²) in [6.07, 6.45) is 0. The van der Waals surface area contributed by atoms with Gasteiger partial charge in [-0.05, 0) is 60.0 Å². The van der Waals surface area contributed by atoms with Gasteiger partial charge in [0.1, 0.15) is 5.75 Å². The van der Waals surface area contributed by atoms with Gasteiger partial charge in [-0.25, -0.2) is 0 Å². The van der Waals surface area contributed by atoms with Crippen molar-refractivity contribution in [2.75, 3.05) is 0 Å². The third-order valence-corrected chi connectivity index (χ3v) is 2.62. The number of hydrogen-bond acceptors (Lipinski definition) is 2. The van der Waals surface area contributed by atoms with Crippen LogP contribution in [0.15, 0.2) is 16.6 Å². The summed E-state index contributed by atoms with van der Waals surface area (Å²) < 4.78 is 0.687. The molecule has 0 saturated heterocycles. The van der Waals surface area contributed by atoms with Crippen molar-refractivity contribution < 1.29 is 5.11 Å². The molecular weight excluding hydrogens is 230 g/mol. The first-order chi connectivity index (χ1) is 5.82. The van der Waals surface area contributed by atoms with Crippen LogP contribution in [0.2, 0.25) is 0 Å². The molecule has 0 amide bonds. The van der Waals surface area contributed by atoms with Crippen molar-refractivity contribution in [3.8, 4) is 5.75 Å². The summed E-state index contributed by atoms with van der Waals surface area (Å²) in [7, 11) is 0. The van der Waals surface area contributed by atoms with Crippen LogP contribution < -0.4 is 5.73 Å². The molecule has 0 atom stereocenters. The van der Waals surface area contributed by atoms with Crippen molar-refractivity contribution in [1.29, 1.82) is 0 Å². The Labute approximate surface area is 86.9 Å². The zero-order chi connectivity index (χ0) is 10.2. The second kappa shape index (κ2) is 3.31. The fourth-order valence-corrected chi connectivity index (χ4v) is 1.70. The van der Waals surface area contributed by atoms with Crippen molar-refractivity contribution in [3.63, 3.8) is 0 Å². The average molecular weight is 244 g/mol. The Hall–Kier alpha value is -0.540. The molecule has 0 aromatic heterocycles. The molecule has 0 aliphatic heterocycles. The van der Waals surface area contributed by atoms with Gasteiger partial charge < -0.3 is 10.8 Å². The monoisotopic (exact) mass is 243 g/mol. The van der Waals surface area contributed by atoms with E-state index < -0.39 is 0 Å². The molecular formula is C10H14BrNO. The minimum Gasteiger partial charge on any atom is -0.507 e. The highest BCUT2D eigenvalue weighted by molar-refractivity contribution is 9.10. The second-order valence-corrected chi connectivity index (χ2v) is 4.69. The predicted octanol–water partition coefficient (Wildman–Crippen LogP) is 2.66. The van der Waals surface area contributed by atoms with E-state index in [0.29, 0.717) is 4.47 Å². The SMILES string of the molecule is Cc1cc(O)c(Br)cc1C(C)(C)N. The lowest BCUT2D eigenvalue weighted by atomic mass is 9.91. The van der Waals surface area contributed by atoms with Gasteiger partial charge >= 0.3 is 0 Å². The van der Waals surface area contributed by atoms with Crippen LogP contribution in [-0.2, 0) is 5.54 Å². The average Bonchev–Trinajstić information content (AvgIpc) is 1.94. The number of nitrogens with two attached hydrogens (primary N) is 1. The second-order valence-electron chi connectivity index (χ2n) is 3.84. The quantitative estimate of drug-likeness (QED) is 0.797. The maximum Gasteiger partial charge on any atom is 0.130 e. The highest BCUT2D eigenvalue weighted by Crippen LogP contribution is 2.31. The van der Waals surface area contributed by atoms with Gasteiger partial charge in [-0.2, -0.15) is 0 Å². The molecule has 0 fully saturated rings. The molecule has 13 heavy (non-hydrogen) atoms. The fraction of sp³-hybridized carbons (Fsp3) is 0.400. The topological polar surface area (TPSA) is 46.2 Å². The molecule has 0 unspecified atom stereocenters. The summed E-state index contributed by atoms with van der Waals surface area (Å²) in [5.74, 6) is 0.255. The Morgan fingerprint density at radius 1 is 1.38 bits per heavy atom. The van der Waals surface area contributed by atoms with E-state index >= 15 is 0 Å². The van der Waals surface area contributed by atoms with Crippen LogP contribution in [0.3, 0.4) is 0 Å². The number of aryl methyl sites for hydroxylation is 1. The van der Waals surface area contributed by atoms with Gasteiger partial charge in [0.25, 0.3) is 0 Å². The maximum absolute atomic E-state index is 9.40. The molecule has 1 rings (SSSR count). The van der Waals surface area contributed by atoms with Crippen LogP contribution in [0, 0.1) is 6.92 Å². The molecule has 0 aliphatic carbocycles. The van der Waals surface area contributed by atoms with Crippen molar-refractivity contribution in [3.05, 3.63) is 27.7 Å². The van der Waals surface area contributed by atoms with Crippen LogP contribution in [0.5, 0.6) is 5.75 Å². The van der Waals surface area contributed by atoms with E-state index in [0.717, 1.165) is 11.1 Å². The molecule has 0 aliphatic rings. The van der Waals surface area contributed by atoms with Gasteiger partial charge in [0, 0.05) is 5.54 Å². The summed E-state index contributed by atoms with van der Waals surface area (Å²) in [5, 5.41) is 9.40. The molecule has 0 radical (unpaired) electrons. The van der Waals surface area contributed by atoms with E-state index in [4.69, 9.17) is 5.73 Å². The number of phenolic OH excluding ortho intramolecular Hbond substituents is 1. The van der Waals surface area contributed by atoms with Crippen molar-refractivity contribution >= 4 is 15.9 Å². The van der Waals surface area contributed by atoms with Gasteiger partial charge in [0.15, 0.2) is 0 Å². The van der Waals surface area contributed by atoms with Crippen LogP contribution in [0.25, 0.3) is 0 Å². The largest absolute Gasteiger partial charge is 0.507 e. The first-order valence-electron chi connectivity index (χ1n) is 4.11. The molecule has 0 bridgehead atoms. The molecule has 0 heterocycles. The van der Waals surface area contributed by atoms with Crippen LogP contribution >= 0.6 is 15.9 Å². The Kier molecular flexibility index (Phi) is 2.68. The summed E-state index contributed by atoms with van der Waals surface area (Å²) in [4.78, 5) is 0. The zero-order valence-electron chi connectivity index (χ0n) is 8.06. The Balaban J connectivity index is 3.32. The number of benzene rings is 1. The van der Waals surface area contributed by atoms with Gasteiger partial charge in [-0.1, -0.05) is 0 Å². The number of halogens is 1. The Morgan fingerprint density at radius 3 is 2.38 bits per heavy atom. The first-order valence-corrected chi connectivity index (χ1v) is 4.90. The van der Waals surface area contributed by atoms with Crippen molar-refractivity contribution in [1.82, 2.24) is 0 Å². The molecule has 0 spiro atoms. The summed E-state index contributed by atoms with van der Waals surface area (Å²) in [5.41, 5.74) is 7.65. The standard InChI is InChI=1S/C10H14BrNO/c1-6-4-9(13)8(11)5-7(6)10(2,3)12/h4-5,13H,12H2,1-3H3. The van der Waals surface area contributed by atoms with E-state index in [1.807, 2.05) is 26.8 Å². The molecule has 0 saturated carbocycles. The molecule has 3 N–H and O–H groups in total. The summed E-state index contributed by atoms with van der Waals surface area (Å²) in [6, 6.07) is 3.58. The molecule has 72 valence electrons. The third-order valence-electron chi connectivity index (χ3n) is 1.99. The van der Waals surface area contributed by atoms with Crippen molar-refractivity contribution in [2.45, 2.75) is 26.3 Å².